The minimum absolute atomic E-state index is 0.169. The molecule has 3 aromatic rings. The Labute approximate surface area is 183 Å². The molecule has 4 rings (SSSR count). The first-order chi connectivity index (χ1) is 14.5. The van der Waals surface area contributed by atoms with Gasteiger partial charge >= 0.3 is 0 Å². The van der Waals surface area contributed by atoms with E-state index in [1.165, 1.54) is 17.8 Å². The molecule has 0 saturated carbocycles. The zero-order valence-corrected chi connectivity index (χ0v) is 17.8. The van der Waals surface area contributed by atoms with Crippen molar-refractivity contribution in [1.82, 2.24) is 9.97 Å². The van der Waals surface area contributed by atoms with Crippen LogP contribution in [0, 0.1) is 18.6 Å². The molecule has 154 valence electrons. The maximum absolute atomic E-state index is 14.5. The van der Waals surface area contributed by atoms with Crippen LogP contribution < -0.4 is 10.2 Å². The van der Waals surface area contributed by atoms with Crippen LogP contribution in [0.25, 0.3) is 6.08 Å². The summed E-state index contributed by atoms with van der Waals surface area (Å²) in [6.45, 7) is 7.00. The van der Waals surface area contributed by atoms with E-state index in [1.807, 2.05) is 30.0 Å². The van der Waals surface area contributed by atoms with E-state index < -0.39 is 11.6 Å². The molecule has 1 aliphatic rings. The summed E-state index contributed by atoms with van der Waals surface area (Å²) in [5.41, 5.74) is 1.47. The van der Waals surface area contributed by atoms with Crippen molar-refractivity contribution >= 4 is 41.1 Å². The summed E-state index contributed by atoms with van der Waals surface area (Å²) < 4.78 is 28.6. The zero-order valence-electron chi connectivity index (χ0n) is 16.3. The second-order valence-corrected chi connectivity index (χ2v) is 8.36. The van der Waals surface area contributed by atoms with E-state index in [2.05, 4.69) is 16.9 Å². The van der Waals surface area contributed by atoms with Crippen molar-refractivity contribution in [2.24, 2.45) is 0 Å². The Balaban J connectivity index is 1.66. The number of halogens is 3. The Kier molecular flexibility index (Phi) is 5.92. The lowest BCUT2D eigenvalue weighted by molar-refractivity contribution is 0.577. The molecule has 1 aromatic heterocycles. The van der Waals surface area contributed by atoms with E-state index in [4.69, 9.17) is 16.6 Å². The third-order valence-corrected chi connectivity index (χ3v) is 6.18. The quantitative estimate of drug-likeness (QED) is 0.527. The van der Waals surface area contributed by atoms with Gasteiger partial charge in [0.05, 0.1) is 6.20 Å². The number of fused-ring (bicyclic) bond motifs is 1. The van der Waals surface area contributed by atoms with E-state index in [0.29, 0.717) is 34.8 Å². The van der Waals surface area contributed by atoms with Gasteiger partial charge in [-0.25, -0.2) is 18.7 Å². The highest BCUT2D eigenvalue weighted by Gasteiger charge is 2.23. The summed E-state index contributed by atoms with van der Waals surface area (Å²) in [7, 11) is 0. The molecular weight excluding hydrogens is 426 g/mol. The van der Waals surface area contributed by atoms with Gasteiger partial charge < -0.3 is 10.2 Å². The minimum Gasteiger partial charge on any atom is -0.365 e. The van der Waals surface area contributed by atoms with Gasteiger partial charge in [0.1, 0.15) is 16.7 Å². The van der Waals surface area contributed by atoms with Crippen LogP contribution in [0.1, 0.15) is 16.7 Å². The molecule has 2 aromatic carbocycles. The molecule has 0 fully saturated rings. The second kappa shape index (κ2) is 8.62. The van der Waals surface area contributed by atoms with Crippen LogP contribution in [-0.2, 0) is 6.54 Å². The fourth-order valence-corrected chi connectivity index (χ4v) is 4.39. The Morgan fingerprint density at radius 2 is 2.07 bits per heavy atom. The first kappa shape index (κ1) is 20.6. The maximum atomic E-state index is 14.5. The topological polar surface area (TPSA) is 41.0 Å². The van der Waals surface area contributed by atoms with Gasteiger partial charge in [-0.1, -0.05) is 36.0 Å². The molecule has 0 unspecified atom stereocenters. The first-order valence-electron chi connectivity index (χ1n) is 9.35. The lowest BCUT2D eigenvalue weighted by Gasteiger charge is -2.31. The summed E-state index contributed by atoms with van der Waals surface area (Å²) in [5.74, 6) is 0.263. The van der Waals surface area contributed by atoms with Gasteiger partial charge in [-0.2, -0.15) is 0 Å². The Bertz CT molecular complexity index is 1120. The van der Waals surface area contributed by atoms with Gasteiger partial charge in [0.15, 0.2) is 11.6 Å². The van der Waals surface area contributed by atoms with Crippen molar-refractivity contribution in [1.29, 1.82) is 0 Å². The highest BCUT2D eigenvalue weighted by Crippen LogP contribution is 2.34. The van der Waals surface area contributed by atoms with Crippen LogP contribution in [0.5, 0.6) is 0 Å². The molecule has 0 bridgehead atoms. The largest absolute Gasteiger partial charge is 0.365 e. The molecule has 0 saturated heterocycles. The van der Waals surface area contributed by atoms with Crippen molar-refractivity contribution < 1.29 is 8.78 Å². The van der Waals surface area contributed by atoms with Crippen LogP contribution in [0.2, 0.25) is 5.02 Å². The van der Waals surface area contributed by atoms with Gasteiger partial charge in [-0.05, 0) is 42.8 Å². The Morgan fingerprint density at radius 3 is 2.83 bits per heavy atom. The van der Waals surface area contributed by atoms with E-state index in [-0.39, 0.29) is 17.7 Å². The number of rotatable bonds is 5. The lowest BCUT2D eigenvalue weighted by atomic mass is 10.1. The minimum atomic E-state index is -0.495. The molecule has 1 N–H and O–H groups in total. The fraction of sp³-hybridized carbons (Fsp3) is 0.182. The predicted molar refractivity (Wildman–Crippen MR) is 118 cm³/mol. The van der Waals surface area contributed by atoms with Crippen molar-refractivity contribution in [3.63, 3.8) is 0 Å². The van der Waals surface area contributed by atoms with Gasteiger partial charge in [0, 0.05) is 40.7 Å². The monoisotopic (exact) mass is 444 g/mol. The average molecular weight is 445 g/mol. The molecule has 0 amide bonds. The van der Waals surface area contributed by atoms with Gasteiger partial charge in [-0.15, -0.1) is 0 Å². The summed E-state index contributed by atoms with van der Waals surface area (Å²) >= 11 is 7.52. The predicted octanol–water partition coefficient (Wildman–Crippen LogP) is 5.94. The van der Waals surface area contributed by atoms with Crippen molar-refractivity contribution in [3.8, 4) is 0 Å². The van der Waals surface area contributed by atoms with E-state index in [1.54, 1.807) is 6.20 Å². The molecule has 8 heteroatoms. The molecule has 0 aliphatic carbocycles. The third kappa shape index (κ3) is 4.13. The Hall–Kier alpha value is -2.64. The molecule has 4 nitrogen and oxygen atoms in total. The Morgan fingerprint density at radius 1 is 1.27 bits per heavy atom. The number of hydrogen-bond donors (Lipinski definition) is 1. The fourth-order valence-electron chi connectivity index (χ4n) is 3.35. The normalized spacial score (nSPS) is 13.0. The van der Waals surface area contributed by atoms with E-state index in [9.17, 15) is 8.78 Å². The van der Waals surface area contributed by atoms with Crippen LogP contribution >= 0.6 is 23.4 Å². The van der Waals surface area contributed by atoms with Crippen LogP contribution in [-0.4, -0.2) is 23.1 Å². The number of anilines is 2. The molecular formula is C22H19ClF2N4S. The SMILES string of the molecule is C=Cc1c(F)ccc(F)c1CN1CCNc2ncc(Sc3ccc(Cl)cc3C)nc21. The van der Waals surface area contributed by atoms with Crippen LogP contribution in [0.15, 0.2) is 53.0 Å². The molecule has 1 aliphatic heterocycles. The van der Waals surface area contributed by atoms with Crippen LogP contribution in [0.4, 0.5) is 20.4 Å². The summed E-state index contributed by atoms with van der Waals surface area (Å²) in [5, 5.41) is 4.60. The molecule has 0 spiro atoms. The lowest BCUT2D eigenvalue weighted by Crippen LogP contribution is -2.35. The summed E-state index contributed by atoms with van der Waals surface area (Å²) in [6.07, 6.45) is 3.05. The van der Waals surface area contributed by atoms with Gasteiger partial charge in [-0.3, -0.25) is 0 Å². The number of aromatic nitrogens is 2. The number of hydrogen-bond acceptors (Lipinski definition) is 5. The number of nitrogens with one attached hydrogen (secondary N) is 1. The van der Waals surface area contributed by atoms with Gasteiger partial charge in [0.25, 0.3) is 0 Å². The maximum Gasteiger partial charge on any atom is 0.173 e. The zero-order chi connectivity index (χ0) is 21.3. The molecule has 0 atom stereocenters. The van der Waals surface area contributed by atoms with Crippen molar-refractivity contribution in [2.75, 3.05) is 23.3 Å². The highest BCUT2D eigenvalue weighted by atomic mass is 35.5. The molecule has 0 radical (unpaired) electrons. The number of nitrogens with zero attached hydrogens (tertiary/aromatic N) is 3. The molecule has 30 heavy (non-hydrogen) atoms. The average Bonchev–Trinajstić information content (AvgIpc) is 2.73. The van der Waals surface area contributed by atoms with Crippen molar-refractivity contribution in [3.05, 3.63) is 76.5 Å². The number of aryl methyl sites for hydroxylation is 1. The van der Waals surface area contributed by atoms with E-state index in [0.717, 1.165) is 22.6 Å². The standard InChI is InChI=1S/C22H19ClF2N4S/c1-3-15-16(18(25)6-5-17(15)24)12-29-9-8-26-21-22(29)28-20(11-27-21)30-19-7-4-14(23)10-13(19)2/h3-7,10-11H,1,8-9,12H2,2H3,(H,26,27). The molecule has 2 heterocycles. The second-order valence-electron chi connectivity index (χ2n) is 6.87. The summed E-state index contributed by atoms with van der Waals surface area (Å²) in [4.78, 5) is 12.2. The summed E-state index contributed by atoms with van der Waals surface area (Å²) in [6, 6.07) is 7.93. The van der Waals surface area contributed by atoms with Crippen LogP contribution in [0.3, 0.4) is 0 Å². The van der Waals surface area contributed by atoms with E-state index >= 15 is 0 Å². The third-order valence-electron chi connectivity index (χ3n) is 4.86. The first-order valence-corrected chi connectivity index (χ1v) is 10.5. The van der Waals surface area contributed by atoms with Crippen molar-refractivity contribution in [2.45, 2.75) is 23.4 Å². The van der Waals surface area contributed by atoms with Gasteiger partial charge in [0.2, 0.25) is 0 Å². The highest BCUT2D eigenvalue weighted by molar-refractivity contribution is 7.99. The smallest absolute Gasteiger partial charge is 0.173 e. The number of benzene rings is 2.